The van der Waals surface area contributed by atoms with Crippen LogP contribution < -0.4 is 10.9 Å². The van der Waals surface area contributed by atoms with Crippen LogP contribution in [0.4, 0.5) is 18.9 Å². The van der Waals surface area contributed by atoms with Gasteiger partial charge in [0.25, 0.3) is 5.56 Å². The van der Waals surface area contributed by atoms with Crippen LogP contribution in [0.5, 0.6) is 0 Å². The number of hydrogen-bond acceptors (Lipinski definition) is 4. The van der Waals surface area contributed by atoms with E-state index in [0.717, 1.165) is 0 Å². The molecule has 1 aliphatic rings. The van der Waals surface area contributed by atoms with Crippen LogP contribution in [0.15, 0.2) is 17.1 Å². The molecular formula is C9H7F3N2O3. The maximum Gasteiger partial charge on any atom is 0.491 e. The Hall–Kier alpha value is -1.99. The molecule has 2 N–H and O–H groups in total. The van der Waals surface area contributed by atoms with Crippen LogP contribution in [0.3, 0.4) is 0 Å². The Labute approximate surface area is 92.6 Å². The molecule has 1 unspecified atom stereocenters. The van der Waals surface area contributed by atoms with Crippen molar-refractivity contribution in [1.82, 2.24) is 4.98 Å². The lowest BCUT2D eigenvalue weighted by atomic mass is 10.2. The number of esters is 1. The maximum absolute atomic E-state index is 11.9. The fraction of sp³-hybridized carbons (Fsp3) is 0.333. The van der Waals surface area contributed by atoms with Gasteiger partial charge in [-0.05, 0) is 6.07 Å². The highest BCUT2D eigenvalue weighted by Crippen LogP contribution is 2.25. The average Bonchev–Trinajstić information content (AvgIpc) is 2.60. The monoisotopic (exact) mass is 248 g/mol. The first-order valence-electron chi connectivity index (χ1n) is 4.63. The third-order valence-corrected chi connectivity index (χ3v) is 2.25. The number of anilines is 1. The van der Waals surface area contributed by atoms with Crippen molar-refractivity contribution in [3.63, 3.8) is 0 Å². The van der Waals surface area contributed by atoms with E-state index in [9.17, 15) is 22.8 Å². The lowest BCUT2D eigenvalue weighted by molar-refractivity contribution is -0.203. The van der Waals surface area contributed by atoms with Gasteiger partial charge in [-0.1, -0.05) is 0 Å². The molecule has 5 nitrogen and oxygen atoms in total. The number of ether oxygens (including phenoxy) is 1. The van der Waals surface area contributed by atoms with Crippen LogP contribution in [0.2, 0.25) is 0 Å². The van der Waals surface area contributed by atoms with Crippen LogP contribution in [-0.4, -0.2) is 23.4 Å². The van der Waals surface area contributed by atoms with E-state index in [0.29, 0.717) is 5.69 Å². The van der Waals surface area contributed by atoms with Crippen LogP contribution >= 0.6 is 0 Å². The van der Waals surface area contributed by atoms with E-state index < -0.39 is 23.9 Å². The summed E-state index contributed by atoms with van der Waals surface area (Å²) in [5.41, 5.74) is 0.224. The molecule has 2 rings (SSSR count). The van der Waals surface area contributed by atoms with E-state index in [1.165, 1.54) is 12.3 Å². The number of nitrogens with one attached hydrogen (secondary N) is 2. The third-order valence-electron chi connectivity index (χ3n) is 2.25. The SMILES string of the molecule is O=C(OC1Cc2c(cc[nH]c2=O)N1)C(F)(F)F. The normalized spacial score (nSPS) is 18.4. The quantitative estimate of drug-likeness (QED) is 0.720. The van der Waals surface area contributed by atoms with Gasteiger partial charge in [0.15, 0.2) is 6.23 Å². The Bertz CT molecular complexity index is 509. The molecule has 0 bridgehead atoms. The average molecular weight is 248 g/mol. The Kier molecular flexibility index (Phi) is 2.56. The second-order valence-corrected chi connectivity index (χ2v) is 3.44. The summed E-state index contributed by atoms with van der Waals surface area (Å²) in [4.78, 5) is 24.2. The molecule has 17 heavy (non-hydrogen) atoms. The minimum absolute atomic E-state index is 0.0900. The minimum Gasteiger partial charge on any atom is -0.435 e. The Morgan fingerprint density at radius 1 is 1.47 bits per heavy atom. The van der Waals surface area contributed by atoms with E-state index in [2.05, 4.69) is 15.0 Å². The van der Waals surface area contributed by atoms with Crippen LogP contribution in [-0.2, 0) is 16.0 Å². The fourth-order valence-corrected chi connectivity index (χ4v) is 1.53. The minimum atomic E-state index is -5.04. The number of alkyl halides is 3. The van der Waals surface area contributed by atoms with E-state index in [4.69, 9.17) is 0 Å². The number of aromatic nitrogens is 1. The van der Waals surface area contributed by atoms with Crippen molar-refractivity contribution in [3.05, 3.63) is 28.2 Å². The molecule has 0 fully saturated rings. The summed E-state index contributed by atoms with van der Waals surface area (Å²) in [6, 6.07) is 1.48. The topological polar surface area (TPSA) is 71.2 Å². The van der Waals surface area contributed by atoms with Crippen molar-refractivity contribution in [2.45, 2.75) is 18.8 Å². The fourth-order valence-electron chi connectivity index (χ4n) is 1.53. The zero-order valence-electron chi connectivity index (χ0n) is 8.30. The number of H-pyrrole nitrogens is 1. The van der Waals surface area contributed by atoms with Gasteiger partial charge in [0, 0.05) is 23.9 Å². The lowest BCUT2D eigenvalue weighted by Gasteiger charge is -2.13. The van der Waals surface area contributed by atoms with Crippen molar-refractivity contribution < 1.29 is 22.7 Å². The lowest BCUT2D eigenvalue weighted by Crippen LogP contribution is -2.33. The summed E-state index contributed by atoms with van der Waals surface area (Å²) in [6.45, 7) is 0. The van der Waals surface area contributed by atoms with E-state index in [1.807, 2.05) is 0 Å². The van der Waals surface area contributed by atoms with Gasteiger partial charge in [0.05, 0.1) is 0 Å². The Morgan fingerprint density at radius 3 is 2.76 bits per heavy atom. The first kappa shape index (κ1) is 11.5. The summed E-state index contributed by atoms with van der Waals surface area (Å²) >= 11 is 0. The molecule has 1 aromatic rings. The summed E-state index contributed by atoms with van der Waals surface area (Å²) in [5.74, 6) is -2.28. The van der Waals surface area contributed by atoms with Gasteiger partial charge in [-0.3, -0.25) is 4.79 Å². The maximum atomic E-state index is 11.9. The number of carbonyl (C=O) groups is 1. The Morgan fingerprint density at radius 2 is 2.18 bits per heavy atom. The number of rotatable bonds is 1. The number of pyridine rings is 1. The predicted molar refractivity (Wildman–Crippen MR) is 50.3 cm³/mol. The standard InChI is InChI=1S/C9H7F3N2O3/c10-9(11,12)8(16)17-6-3-4-5(14-6)1-2-13-7(4)15/h1-2,6,14H,3H2,(H,13,15). The van der Waals surface area contributed by atoms with Gasteiger partial charge >= 0.3 is 12.1 Å². The molecule has 1 atom stereocenters. The molecule has 0 aliphatic carbocycles. The molecule has 0 saturated heterocycles. The van der Waals surface area contributed by atoms with Gasteiger partial charge in [-0.15, -0.1) is 0 Å². The van der Waals surface area contributed by atoms with Crippen molar-refractivity contribution in [3.8, 4) is 0 Å². The molecule has 0 saturated carbocycles. The molecular weight excluding hydrogens is 241 g/mol. The number of hydrogen-bond donors (Lipinski definition) is 2. The number of halogens is 3. The first-order valence-corrected chi connectivity index (χ1v) is 4.63. The van der Waals surface area contributed by atoms with E-state index in [1.54, 1.807) is 0 Å². The second-order valence-electron chi connectivity index (χ2n) is 3.44. The molecule has 0 amide bonds. The van der Waals surface area contributed by atoms with Gasteiger partial charge in [-0.25, -0.2) is 4.79 Å². The van der Waals surface area contributed by atoms with Crippen molar-refractivity contribution in [2.24, 2.45) is 0 Å². The van der Waals surface area contributed by atoms with E-state index in [-0.39, 0.29) is 12.0 Å². The first-order chi connectivity index (χ1) is 7.88. The van der Waals surface area contributed by atoms with Gasteiger partial charge in [-0.2, -0.15) is 13.2 Å². The van der Waals surface area contributed by atoms with Crippen molar-refractivity contribution in [1.29, 1.82) is 0 Å². The summed E-state index contributed by atoms with van der Waals surface area (Å²) in [5, 5.41) is 2.52. The Balaban J connectivity index is 2.09. The molecule has 92 valence electrons. The van der Waals surface area contributed by atoms with Crippen LogP contribution in [0.25, 0.3) is 0 Å². The molecule has 1 aliphatic heterocycles. The molecule has 0 spiro atoms. The van der Waals surface area contributed by atoms with Crippen molar-refractivity contribution in [2.75, 3.05) is 5.32 Å². The number of carbonyl (C=O) groups excluding carboxylic acids is 1. The summed E-state index contributed by atoms with van der Waals surface area (Å²) in [7, 11) is 0. The van der Waals surface area contributed by atoms with Gasteiger partial charge in [0.2, 0.25) is 0 Å². The van der Waals surface area contributed by atoms with Crippen LogP contribution in [0, 0.1) is 0 Å². The second kappa shape index (κ2) is 3.79. The zero-order chi connectivity index (χ0) is 12.6. The number of fused-ring (bicyclic) bond motifs is 1. The summed E-state index contributed by atoms with van der Waals surface area (Å²) in [6.07, 6.45) is -4.94. The largest absolute Gasteiger partial charge is 0.491 e. The highest BCUT2D eigenvalue weighted by atomic mass is 19.4. The summed E-state index contributed by atoms with van der Waals surface area (Å²) < 4.78 is 40.0. The highest BCUT2D eigenvalue weighted by molar-refractivity contribution is 5.76. The third kappa shape index (κ3) is 2.24. The van der Waals surface area contributed by atoms with Crippen molar-refractivity contribution >= 4 is 11.7 Å². The number of aromatic amines is 1. The molecule has 0 radical (unpaired) electrons. The highest BCUT2D eigenvalue weighted by Gasteiger charge is 2.43. The van der Waals surface area contributed by atoms with Crippen LogP contribution in [0.1, 0.15) is 5.56 Å². The molecule has 8 heteroatoms. The molecule has 1 aromatic heterocycles. The molecule has 0 aromatic carbocycles. The van der Waals surface area contributed by atoms with E-state index >= 15 is 0 Å². The molecule has 2 heterocycles. The van der Waals surface area contributed by atoms with Gasteiger partial charge in [0.1, 0.15) is 0 Å². The predicted octanol–water partition coefficient (Wildman–Crippen LogP) is 0.774. The zero-order valence-corrected chi connectivity index (χ0v) is 8.30. The van der Waals surface area contributed by atoms with Gasteiger partial charge < -0.3 is 15.0 Å². The smallest absolute Gasteiger partial charge is 0.435 e.